The van der Waals surface area contributed by atoms with Crippen molar-refractivity contribution in [2.24, 2.45) is 0 Å². The van der Waals surface area contributed by atoms with Crippen molar-refractivity contribution in [3.8, 4) is 0 Å². The molecule has 10 heteroatoms. The van der Waals surface area contributed by atoms with Crippen LogP contribution in [-0.2, 0) is 27.9 Å². The van der Waals surface area contributed by atoms with Crippen LogP contribution in [0.3, 0.4) is 0 Å². The Kier molecular flexibility index (Phi) is 65.5. The smallest absolute Gasteiger partial charge is 0.306 e. The van der Waals surface area contributed by atoms with Crippen LogP contribution in [0.25, 0.3) is 0 Å². The van der Waals surface area contributed by atoms with Crippen molar-refractivity contribution in [2.45, 2.75) is 354 Å². The number of ether oxygens (including phenoxy) is 1. The van der Waals surface area contributed by atoms with Gasteiger partial charge in [-0.3, -0.25) is 14.2 Å². The first-order valence-electron chi connectivity index (χ1n) is 37.5. The highest BCUT2D eigenvalue weighted by molar-refractivity contribution is 7.45. The predicted molar refractivity (Wildman–Crippen MR) is 385 cm³/mol. The number of quaternary nitrogens is 1. The summed E-state index contributed by atoms with van der Waals surface area (Å²) in [4.78, 5) is 40.2. The largest absolute Gasteiger partial charge is 0.756 e. The average Bonchev–Trinajstić information content (AvgIpc) is 3.64. The van der Waals surface area contributed by atoms with E-state index in [0.29, 0.717) is 23.9 Å². The number of nitrogens with zero attached hydrogens (tertiary/aromatic N) is 1. The zero-order chi connectivity index (χ0) is 64.9. The van der Waals surface area contributed by atoms with Crippen LogP contribution in [0.1, 0.15) is 342 Å². The van der Waals surface area contributed by atoms with E-state index in [0.717, 1.165) is 116 Å². The molecule has 3 atom stereocenters. The van der Waals surface area contributed by atoms with Crippen LogP contribution in [0.4, 0.5) is 0 Å². The Morgan fingerprint density at radius 3 is 1.09 bits per heavy atom. The Balaban J connectivity index is 4.98. The van der Waals surface area contributed by atoms with Crippen LogP contribution in [0.15, 0.2) is 97.2 Å². The summed E-state index contributed by atoms with van der Waals surface area (Å²) < 4.78 is 30.5. The molecule has 0 fully saturated rings. The van der Waals surface area contributed by atoms with Crippen molar-refractivity contribution in [3.63, 3.8) is 0 Å². The maximum atomic E-state index is 13.6. The van der Waals surface area contributed by atoms with E-state index >= 15 is 0 Å². The van der Waals surface area contributed by atoms with Gasteiger partial charge in [-0.25, -0.2) is 0 Å². The van der Waals surface area contributed by atoms with E-state index < -0.39 is 26.6 Å². The molecule has 0 aromatic rings. The normalized spacial score (nSPS) is 14.0. The molecule has 0 aromatic heterocycles. The van der Waals surface area contributed by atoms with Gasteiger partial charge in [0.1, 0.15) is 19.3 Å². The van der Waals surface area contributed by atoms with Crippen LogP contribution in [0.5, 0.6) is 0 Å². The fourth-order valence-corrected chi connectivity index (χ4v) is 11.5. The van der Waals surface area contributed by atoms with Crippen LogP contribution in [-0.4, -0.2) is 69.4 Å². The van der Waals surface area contributed by atoms with E-state index in [1.165, 1.54) is 186 Å². The summed E-state index contributed by atoms with van der Waals surface area (Å²) >= 11 is 0. The van der Waals surface area contributed by atoms with Crippen molar-refractivity contribution in [1.29, 1.82) is 0 Å². The number of carbonyl (C=O) groups is 2. The Bertz CT molecular complexity index is 1840. The lowest BCUT2D eigenvalue weighted by Crippen LogP contribution is -2.47. The number of rotatable bonds is 68. The Hall–Kier alpha value is -3.07. The van der Waals surface area contributed by atoms with Gasteiger partial charge < -0.3 is 28.5 Å². The molecule has 0 aliphatic rings. The summed E-state index contributed by atoms with van der Waals surface area (Å²) in [5, 5.41) is 3.04. The Morgan fingerprint density at radius 2 is 0.719 bits per heavy atom. The molecule has 0 aliphatic carbocycles. The highest BCUT2D eigenvalue weighted by atomic mass is 31.2. The van der Waals surface area contributed by atoms with Crippen molar-refractivity contribution in [2.75, 3.05) is 40.9 Å². The highest BCUT2D eigenvalue weighted by Crippen LogP contribution is 2.38. The van der Waals surface area contributed by atoms with Crippen LogP contribution in [0.2, 0.25) is 0 Å². The number of nitrogens with one attached hydrogen (secondary N) is 1. The van der Waals surface area contributed by atoms with E-state index in [2.05, 4.69) is 111 Å². The summed E-state index contributed by atoms with van der Waals surface area (Å²) in [6.45, 7) is 6.74. The molecule has 3 unspecified atom stereocenters. The summed E-state index contributed by atoms with van der Waals surface area (Å²) in [6.07, 6.45) is 92.6. The van der Waals surface area contributed by atoms with E-state index in [9.17, 15) is 19.0 Å². The summed E-state index contributed by atoms with van der Waals surface area (Å²) in [6, 6.07) is -0.900. The minimum atomic E-state index is -4.71. The quantitative estimate of drug-likeness (QED) is 0.0212. The average molecular weight is 1260 g/mol. The van der Waals surface area contributed by atoms with E-state index in [4.69, 9.17) is 13.8 Å². The highest BCUT2D eigenvalue weighted by Gasteiger charge is 2.27. The van der Waals surface area contributed by atoms with Gasteiger partial charge in [-0.2, -0.15) is 0 Å². The molecule has 0 aromatic carbocycles. The number of phosphoric ester groups is 1. The summed E-state index contributed by atoms with van der Waals surface area (Å²) in [5.41, 5.74) is 0. The van der Waals surface area contributed by atoms with Gasteiger partial charge in [0.05, 0.1) is 33.8 Å². The Morgan fingerprint density at radius 1 is 0.404 bits per heavy atom. The van der Waals surface area contributed by atoms with E-state index in [1.807, 2.05) is 33.3 Å². The SMILES string of the molecule is CC/C=C\C/C=C\C/C=C\C/C=C\C/C=C\C/C=C\CCCCCCCCC(=O)OC(/C=C/CCCCCCCCCCC)C(COP(=O)([O-])OCC[N+](C)(C)C)NC(=O)CCCCCCCCCCCCCCCCCCC/C=C/CCCCCCCC. The second-order valence-electron chi connectivity index (χ2n) is 26.4. The molecule has 516 valence electrons. The lowest BCUT2D eigenvalue weighted by Gasteiger charge is -2.30. The molecular weight excluding hydrogens is 1120 g/mol. The minimum absolute atomic E-state index is 0.0276. The molecule has 9 nitrogen and oxygen atoms in total. The first-order chi connectivity index (χ1) is 43.4. The van der Waals surface area contributed by atoms with Crippen molar-refractivity contribution >= 4 is 19.7 Å². The fraction of sp³-hybridized carbons (Fsp3) is 0.772. The molecule has 0 aliphatic heterocycles. The maximum absolute atomic E-state index is 13.6. The molecule has 1 N–H and O–H groups in total. The molecule has 0 saturated carbocycles. The Labute approximate surface area is 551 Å². The fourth-order valence-electron chi connectivity index (χ4n) is 10.8. The zero-order valence-corrected chi connectivity index (χ0v) is 60.0. The number of hydrogen-bond acceptors (Lipinski definition) is 7. The predicted octanol–water partition coefficient (Wildman–Crippen LogP) is 23.6. The van der Waals surface area contributed by atoms with Gasteiger partial charge in [-0.1, -0.05) is 317 Å². The second kappa shape index (κ2) is 67.8. The number of esters is 1. The summed E-state index contributed by atoms with van der Waals surface area (Å²) in [5.74, 6) is -0.551. The van der Waals surface area contributed by atoms with Gasteiger partial charge >= 0.3 is 5.97 Å². The molecule has 89 heavy (non-hydrogen) atoms. The van der Waals surface area contributed by atoms with Gasteiger partial charge in [0, 0.05) is 12.8 Å². The molecule has 1 amide bonds. The number of carbonyl (C=O) groups excluding carboxylic acids is 2. The monoisotopic (exact) mass is 1260 g/mol. The topological polar surface area (TPSA) is 114 Å². The van der Waals surface area contributed by atoms with Gasteiger partial charge in [0.2, 0.25) is 5.91 Å². The van der Waals surface area contributed by atoms with Gasteiger partial charge in [-0.15, -0.1) is 0 Å². The molecule has 0 spiro atoms. The van der Waals surface area contributed by atoms with Crippen LogP contribution in [0, 0.1) is 0 Å². The van der Waals surface area contributed by atoms with Crippen molar-refractivity contribution < 1.29 is 37.3 Å². The molecule has 0 heterocycles. The standard InChI is InChI=1S/C79H143N2O7P/c1-7-10-13-16-19-22-25-27-29-31-33-35-37-39-40-42-43-45-47-49-51-53-56-59-62-65-68-71-78(82)80-76(75-87-89(84,85)86-74-73-81(4,5)6)77(70-67-64-61-58-55-24-21-18-15-12-9-3)88-79(83)72-69-66-63-60-57-54-52-50-48-46-44-41-38-36-34-32-30-28-26-23-20-17-14-11-8-2/h11,14,20,23,27-30,34,36,41,44,48,50,67,70,76-77H,7-10,12-13,15-19,21-22,24-26,31-33,35,37-40,42-43,45-47,49,51-66,68-69,71-75H2,1-6H3,(H-,80,82,84,85)/b14-11-,23-20-,29-27+,30-28-,36-34-,44-41-,50-48-,70-67+. The number of allylic oxidation sites excluding steroid dienone is 15. The lowest BCUT2D eigenvalue weighted by molar-refractivity contribution is -0.870. The van der Waals surface area contributed by atoms with Crippen molar-refractivity contribution in [1.82, 2.24) is 5.32 Å². The number of likely N-dealkylation sites (N-methyl/N-ethyl adjacent to an activating group) is 1. The molecular formula is C79H143N2O7P. The van der Waals surface area contributed by atoms with Crippen LogP contribution < -0.4 is 10.2 Å². The number of amides is 1. The number of unbranched alkanes of at least 4 members (excludes halogenated alkanes) is 38. The van der Waals surface area contributed by atoms with Gasteiger partial charge in [0.25, 0.3) is 7.82 Å². The molecule has 0 bridgehead atoms. The summed E-state index contributed by atoms with van der Waals surface area (Å²) in [7, 11) is 1.18. The van der Waals surface area contributed by atoms with Gasteiger partial charge in [0.15, 0.2) is 0 Å². The number of hydrogen-bond donors (Lipinski definition) is 1. The van der Waals surface area contributed by atoms with Gasteiger partial charge in [-0.05, 0) is 109 Å². The first kappa shape index (κ1) is 85.9. The lowest BCUT2D eigenvalue weighted by atomic mass is 10.0. The van der Waals surface area contributed by atoms with Crippen LogP contribution >= 0.6 is 7.82 Å². The van der Waals surface area contributed by atoms with E-state index in [1.54, 1.807) is 0 Å². The van der Waals surface area contributed by atoms with E-state index in [-0.39, 0.29) is 24.9 Å². The molecule has 0 saturated heterocycles. The number of phosphoric acid groups is 1. The molecule has 0 rings (SSSR count). The molecule has 0 radical (unpaired) electrons. The van der Waals surface area contributed by atoms with Crippen molar-refractivity contribution in [3.05, 3.63) is 97.2 Å². The second-order valence-corrected chi connectivity index (χ2v) is 27.8. The minimum Gasteiger partial charge on any atom is -0.756 e. The third kappa shape index (κ3) is 69.1. The third-order valence-corrected chi connectivity index (χ3v) is 17.5. The third-order valence-electron chi connectivity index (χ3n) is 16.5. The first-order valence-corrected chi connectivity index (χ1v) is 39.0. The zero-order valence-electron chi connectivity index (χ0n) is 59.1. The maximum Gasteiger partial charge on any atom is 0.306 e.